The normalized spacial score (nSPS) is 21.1. The van der Waals surface area contributed by atoms with Gasteiger partial charge in [0.1, 0.15) is 10.9 Å². The lowest BCUT2D eigenvalue weighted by molar-refractivity contribution is 0.939. The Morgan fingerprint density at radius 1 is 0.938 bits per heavy atom. The fourth-order valence-electron chi connectivity index (χ4n) is 4.39. The number of hydrogen-bond donors (Lipinski definition) is 2. The predicted molar refractivity (Wildman–Crippen MR) is 132 cm³/mol. The summed E-state index contributed by atoms with van der Waals surface area (Å²) < 4.78 is 0. The lowest BCUT2D eigenvalue weighted by Gasteiger charge is -2.35. The molecule has 0 aliphatic carbocycles. The topological polar surface area (TPSA) is 62.9 Å². The minimum atomic E-state index is -0.300. The number of benzene rings is 3. The Labute approximate surface area is 195 Å². The van der Waals surface area contributed by atoms with E-state index in [9.17, 15) is 10.7 Å². The Balaban J connectivity index is 1.61. The molecule has 0 amide bonds. The number of hydrogen-bond acceptors (Lipinski definition) is 5. The van der Waals surface area contributed by atoms with Crippen LogP contribution in [0.1, 0.15) is 17.0 Å². The van der Waals surface area contributed by atoms with Crippen LogP contribution in [-0.4, -0.2) is 5.84 Å². The standard InChI is InChI=1S/C26H18N4S2/c1-15-10-12-16(13-11-15)22-17(14-27)26-30(19-7-3-5-9-21(19)32-26)24(28)23(22)25-29-18-6-2-4-8-20(18)31-25/h2-13,22,28-29H,1H3/b25-23+,28-24?. The molecule has 154 valence electrons. The van der Waals surface area contributed by atoms with E-state index < -0.39 is 0 Å². The van der Waals surface area contributed by atoms with E-state index in [1.807, 2.05) is 35.2 Å². The molecule has 0 saturated heterocycles. The number of aryl methyl sites for hydroxylation is 1. The highest BCUT2D eigenvalue weighted by molar-refractivity contribution is 8.04. The molecule has 3 heterocycles. The first-order valence-corrected chi connectivity index (χ1v) is 11.9. The summed E-state index contributed by atoms with van der Waals surface area (Å²) in [5, 5.41) is 25.0. The van der Waals surface area contributed by atoms with E-state index in [1.54, 1.807) is 23.5 Å². The van der Waals surface area contributed by atoms with Gasteiger partial charge in [-0.1, -0.05) is 77.6 Å². The average Bonchev–Trinajstić information content (AvgIpc) is 3.41. The van der Waals surface area contributed by atoms with Crippen molar-refractivity contribution in [2.75, 3.05) is 10.2 Å². The molecule has 6 heteroatoms. The van der Waals surface area contributed by atoms with Crippen LogP contribution in [0, 0.1) is 23.7 Å². The van der Waals surface area contributed by atoms with Gasteiger partial charge in [0.2, 0.25) is 0 Å². The molecular weight excluding hydrogens is 432 g/mol. The lowest BCUT2D eigenvalue weighted by Crippen LogP contribution is -2.37. The van der Waals surface area contributed by atoms with Gasteiger partial charge < -0.3 is 5.32 Å². The van der Waals surface area contributed by atoms with Gasteiger partial charge in [-0.2, -0.15) is 5.26 Å². The highest BCUT2D eigenvalue weighted by Crippen LogP contribution is 2.56. The summed E-state index contributed by atoms with van der Waals surface area (Å²) in [6.45, 7) is 2.06. The summed E-state index contributed by atoms with van der Waals surface area (Å²) in [7, 11) is 0. The molecule has 0 spiro atoms. The molecule has 3 aliphatic rings. The second-order valence-electron chi connectivity index (χ2n) is 7.89. The number of nitrogens with one attached hydrogen (secondary N) is 2. The van der Waals surface area contributed by atoms with E-state index in [1.165, 1.54) is 5.56 Å². The molecule has 0 fully saturated rings. The highest BCUT2D eigenvalue weighted by Gasteiger charge is 2.44. The van der Waals surface area contributed by atoms with E-state index in [0.717, 1.165) is 42.4 Å². The smallest absolute Gasteiger partial charge is 0.137 e. The predicted octanol–water partition coefficient (Wildman–Crippen LogP) is 6.85. The number of rotatable bonds is 1. The van der Waals surface area contributed by atoms with Crippen LogP contribution >= 0.6 is 23.5 Å². The Bertz CT molecular complexity index is 1370. The first-order valence-electron chi connectivity index (χ1n) is 10.3. The minimum Gasteiger partial charge on any atom is -0.349 e. The lowest BCUT2D eigenvalue weighted by atomic mass is 9.82. The van der Waals surface area contributed by atoms with Gasteiger partial charge in [0, 0.05) is 15.4 Å². The van der Waals surface area contributed by atoms with Crippen molar-refractivity contribution in [3.8, 4) is 6.07 Å². The minimum absolute atomic E-state index is 0.300. The third-order valence-electron chi connectivity index (χ3n) is 5.93. The SMILES string of the molecule is Cc1ccc(C2C(C#N)=C3Sc4ccccc4N3C(=N)/C2=C2\Nc3ccccc3S2)cc1. The van der Waals surface area contributed by atoms with Crippen LogP contribution in [0.5, 0.6) is 0 Å². The number of thioether (sulfide) groups is 2. The van der Waals surface area contributed by atoms with E-state index in [-0.39, 0.29) is 5.92 Å². The van der Waals surface area contributed by atoms with Gasteiger partial charge in [-0.15, -0.1) is 0 Å². The highest BCUT2D eigenvalue weighted by atomic mass is 32.2. The summed E-state index contributed by atoms with van der Waals surface area (Å²) in [6, 6.07) is 27.1. The summed E-state index contributed by atoms with van der Waals surface area (Å²) >= 11 is 3.22. The third-order valence-corrected chi connectivity index (χ3v) is 8.19. The molecule has 32 heavy (non-hydrogen) atoms. The number of para-hydroxylation sites is 2. The summed E-state index contributed by atoms with van der Waals surface area (Å²) in [6.07, 6.45) is 0. The first-order chi connectivity index (χ1) is 15.7. The maximum absolute atomic E-state index is 10.4. The van der Waals surface area contributed by atoms with Crippen molar-refractivity contribution in [1.29, 1.82) is 10.7 Å². The molecule has 0 radical (unpaired) electrons. The molecule has 2 N–H and O–H groups in total. The molecule has 3 aromatic rings. The second-order valence-corrected chi connectivity index (χ2v) is 9.98. The fraction of sp³-hybridized carbons (Fsp3) is 0.0769. The fourth-order valence-corrected chi connectivity index (χ4v) is 6.65. The van der Waals surface area contributed by atoms with Crippen molar-refractivity contribution in [1.82, 2.24) is 0 Å². The van der Waals surface area contributed by atoms with Crippen LogP contribution in [0.2, 0.25) is 0 Å². The molecule has 0 saturated carbocycles. The zero-order valence-corrected chi connectivity index (χ0v) is 18.8. The van der Waals surface area contributed by atoms with Crippen molar-refractivity contribution >= 4 is 40.7 Å². The van der Waals surface area contributed by atoms with Gasteiger partial charge in [-0.25, -0.2) is 0 Å². The van der Waals surface area contributed by atoms with Crippen LogP contribution in [0.4, 0.5) is 11.4 Å². The largest absolute Gasteiger partial charge is 0.349 e. The maximum Gasteiger partial charge on any atom is 0.137 e. The Morgan fingerprint density at radius 2 is 1.66 bits per heavy atom. The number of allylic oxidation sites excluding steroid dienone is 1. The number of anilines is 2. The van der Waals surface area contributed by atoms with E-state index in [4.69, 9.17) is 0 Å². The quantitative estimate of drug-likeness (QED) is 0.425. The Hall–Kier alpha value is -3.40. The number of fused-ring (bicyclic) bond motifs is 4. The van der Waals surface area contributed by atoms with Crippen molar-refractivity contribution in [2.45, 2.75) is 22.6 Å². The summed E-state index contributed by atoms with van der Waals surface area (Å²) in [5.41, 5.74) is 5.73. The maximum atomic E-state index is 10.4. The molecule has 6 rings (SSSR count). The molecule has 1 atom stereocenters. The molecule has 0 bridgehead atoms. The van der Waals surface area contributed by atoms with Gasteiger partial charge in [-0.3, -0.25) is 10.3 Å². The van der Waals surface area contributed by atoms with E-state index in [2.05, 4.69) is 60.8 Å². The zero-order chi connectivity index (χ0) is 21.8. The third kappa shape index (κ3) is 2.82. The molecule has 3 aliphatic heterocycles. The van der Waals surface area contributed by atoms with Crippen molar-refractivity contribution in [3.63, 3.8) is 0 Å². The molecular formula is C26H18N4S2. The van der Waals surface area contributed by atoms with Gasteiger partial charge in [0.05, 0.1) is 34.0 Å². The van der Waals surface area contributed by atoms with Crippen molar-refractivity contribution in [2.24, 2.45) is 0 Å². The van der Waals surface area contributed by atoms with Crippen molar-refractivity contribution < 1.29 is 0 Å². The van der Waals surface area contributed by atoms with Crippen LogP contribution in [-0.2, 0) is 0 Å². The van der Waals surface area contributed by atoms with Gasteiger partial charge in [0.25, 0.3) is 0 Å². The molecule has 1 unspecified atom stereocenters. The summed E-state index contributed by atoms with van der Waals surface area (Å²) in [4.78, 5) is 4.15. The van der Waals surface area contributed by atoms with Crippen LogP contribution in [0.3, 0.4) is 0 Å². The summed E-state index contributed by atoms with van der Waals surface area (Å²) in [5.74, 6) is 0.121. The monoisotopic (exact) mass is 450 g/mol. The number of nitriles is 1. The molecule has 3 aromatic carbocycles. The van der Waals surface area contributed by atoms with Gasteiger partial charge in [0.15, 0.2) is 0 Å². The van der Waals surface area contributed by atoms with Gasteiger partial charge >= 0.3 is 0 Å². The van der Waals surface area contributed by atoms with E-state index in [0.29, 0.717) is 11.4 Å². The molecule has 0 aromatic heterocycles. The number of nitrogens with zero attached hydrogens (tertiary/aromatic N) is 2. The Kier molecular flexibility index (Phi) is 4.42. The number of amidine groups is 1. The van der Waals surface area contributed by atoms with Crippen LogP contribution in [0.25, 0.3) is 0 Å². The van der Waals surface area contributed by atoms with Gasteiger partial charge in [-0.05, 0) is 36.8 Å². The second kappa shape index (κ2) is 7.33. The first kappa shape index (κ1) is 19.3. The van der Waals surface area contributed by atoms with Crippen LogP contribution in [0.15, 0.2) is 104 Å². The van der Waals surface area contributed by atoms with E-state index >= 15 is 0 Å². The van der Waals surface area contributed by atoms with Crippen LogP contribution < -0.4 is 10.2 Å². The Morgan fingerprint density at radius 3 is 2.41 bits per heavy atom. The average molecular weight is 451 g/mol. The van der Waals surface area contributed by atoms with Crippen molar-refractivity contribution in [3.05, 3.63) is 105 Å². The molecule has 4 nitrogen and oxygen atoms in total. The zero-order valence-electron chi connectivity index (χ0n) is 17.2.